The van der Waals surface area contributed by atoms with Gasteiger partial charge in [0.05, 0.1) is 45.7 Å². The third-order valence-corrected chi connectivity index (χ3v) is 5.64. The number of H-pyrrole nitrogens is 1. The zero-order valence-electron chi connectivity index (χ0n) is 16.7. The summed E-state index contributed by atoms with van der Waals surface area (Å²) >= 11 is 0. The van der Waals surface area contributed by atoms with Crippen molar-refractivity contribution in [2.45, 2.75) is 6.54 Å². The Bertz CT molecular complexity index is 1560. The summed E-state index contributed by atoms with van der Waals surface area (Å²) in [5.41, 5.74) is 6.25. The van der Waals surface area contributed by atoms with E-state index < -0.39 is 11.8 Å². The number of aromatic amines is 1. The molecule has 1 aliphatic rings. The maximum Gasteiger partial charge on any atom is 0.259 e. The van der Waals surface area contributed by atoms with Crippen LogP contribution in [0.1, 0.15) is 16.7 Å². The molecule has 154 valence electrons. The third-order valence-electron chi connectivity index (χ3n) is 5.64. The number of imide groups is 1. The van der Waals surface area contributed by atoms with Gasteiger partial charge in [0.2, 0.25) is 0 Å². The molecule has 0 saturated carbocycles. The number of nitrogens with zero attached hydrogens (tertiary/aromatic N) is 4. The Balaban J connectivity index is 1.53. The lowest BCUT2D eigenvalue weighted by atomic mass is 9.97. The number of rotatable bonds is 4. The van der Waals surface area contributed by atoms with E-state index in [1.165, 1.54) is 6.33 Å². The van der Waals surface area contributed by atoms with Crippen LogP contribution in [0.4, 0.5) is 0 Å². The molecule has 2 N–H and O–H groups in total. The van der Waals surface area contributed by atoms with Gasteiger partial charge >= 0.3 is 0 Å². The Morgan fingerprint density at radius 1 is 0.938 bits per heavy atom. The standard InChI is InChI=1S/C24H16N6O2/c31-23-20(15-4-2-1-3-5-15)21(24(32)29-23)16-11-30(19-9-25-12-28-22(16)19)10-14-6-7-17-18(8-14)27-13-26-17/h1-9,11-13H,10H2,(H,26,27)(H,29,31,32). The molecular weight excluding hydrogens is 404 g/mol. The lowest BCUT2D eigenvalue weighted by Crippen LogP contribution is -2.22. The number of carbonyl (C=O) groups is 2. The van der Waals surface area contributed by atoms with E-state index >= 15 is 0 Å². The Morgan fingerprint density at radius 2 is 1.78 bits per heavy atom. The first-order valence-corrected chi connectivity index (χ1v) is 10.1. The predicted octanol–water partition coefficient (Wildman–Crippen LogP) is 2.92. The number of benzene rings is 2. The normalized spacial score (nSPS) is 14.0. The van der Waals surface area contributed by atoms with E-state index in [1.54, 1.807) is 12.5 Å². The minimum atomic E-state index is -0.426. The Hall–Kier alpha value is -4.59. The van der Waals surface area contributed by atoms with Crippen LogP contribution in [0, 0.1) is 0 Å². The Kier molecular flexibility index (Phi) is 3.97. The Labute approximate surface area is 181 Å². The summed E-state index contributed by atoms with van der Waals surface area (Å²) in [4.78, 5) is 41.5. The number of hydrogen-bond donors (Lipinski definition) is 2. The molecule has 1 aliphatic heterocycles. The molecule has 4 heterocycles. The highest BCUT2D eigenvalue weighted by atomic mass is 16.2. The molecule has 0 atom stereocenters. The van der Waals surface area contributed by atoms with Gasteiger partial charge in [-0.15, -0.1) is 0 Å². The topological polar surface area (TPSA) is 106 Å². The molecule has 32 heavy (non-hydrogen) atoms. The molecule has 0 radical (unpaired) electrons. The number of nitrogens with one attached hydrogen (secondary N) is 2. The average molecular weight is 420 g/mol. The highest BCUT2D eigenvalue weighted by Gasteiger charge is 2.34. The molecule has 2 amide bonds. The molecule has 8 nitrogen and oxygen atoms in total. The molecule has 0 aliphatic carbocycles. The van der Waals surface area contributed by atoms with Gasteiger partial charge < -0.3 is 9.55 Å². The molecule has 8 heteroatoms. The molecule has 0 fully saturated rings. The molecule has 2 aromatic carbocycles. The van der Waals surface area contributed by atoms with Crippen molar-refractivity contribution in [3.63, 3.8) is 0 Å². The first kappa shape index (κ1) is 18.2. The van der Waals surface area contributed by atoms with E-state index in [9.17, 15) is 9.59 Å². The number of carbonyl (C=O) groups excluding carboxylic acids is 2. The van der Waals surface area contributed by atoms with Crippen LogP contribution in [-0.4, -0.2) is 36.3 Å². The van der Waals surface area contributed by atoms with Gasteiger partial charge in [-0.3, -0.25) is 14.9 Å². The van der Waals surface area contributed by atoms with Crippen LogP contribution in [0.3, 0.4) is 0 Å². The van der Waals surface area contributed by atoms with Crippen molar-refractivity contribution in [1.29, 1.82) is 0 Å². The quantitative estimate of drug-likeness (QED) is 0.435. The number of imidazole rings is 1. The smallest absolute Gasteiger partial charge is 0.259 e. The van der Waals surface area contributed by atoms with Crippen molar-refractivity contribution in [3.05, 3.63) is 90.3 Å². The van der Waals surface area contributed by atoms with Crippen molar-refractivity contribution in [2.75, 3.05) is 0 Å². The number of fused-ring (bicyclic) bond motifs is 2. The maximum atomic E-state index is 12.8. The fraction of sp³-hybridized carbons (Fsp3) is 0.0417. The summed E-state index contributed by atoms with van der Waals surface area (Å²) in [6.07, 6.45) is 6.70. The molecule has 6 rings (SSSR count). The van der Waals surface area contributed by atoms with Gasteiger partial charge in [0.15, 0.2) is 0 Å². The Morgan fingerprint density at radius 3 is 2.66 bits per heavy atom. The zero-order valence-corrected chi connectivity index (χ0v) is 16.7. The van der Waals surface area contributed by atoms with Gasteiger partial charge in [-0.25, -0.2) is 15.0 Å². The van der Waals surface area contributed by atoms with Crippen LogP contribution in [0.2, 0.25) is 0 Å². The van der Waals surface area contributed by atoms with E-state index in [-0.39, 0.29) is 0 Å². The van der Waals surface area contributed by atoms with Crippen LogP contribution in [0.25, 0.3) is 33.2 Å². The number of amides is 2. The van der Waals surface area contributed by atoms with Crippen LogP contribution in [-0.2, 0) is 16.1 Å². The molecule has 5 aromatic rings. The van der Waals surface area contributed by atoms with Crippen molar-refractivity contribution in [3.8, 4) is 0 Å². The van der Waals surface area contributed by atoms with Gasteiger partial charge in [-0.2, -0.15) is 0 Å². The minimum Gasteiger partial charge on any atom is -0.345 e. The molecule has 0 bridgehead atoms. The molecule has 0 spiro atoms. The van der Waals surface area contributed by atoms with Crippen molar-refractivity contribution < 1.29 is 9.59 Å². The van der Waals surface area contributed by atoms with E-state index in [4.69, 9.17) is 0 Å². The van der Waals surface area contributed by atoms with Crippen molar-refractivity contribution in [2.24, 2.45) is 0 Å². The van der Waals surface area contributed by atoms with Crippen LogP contribution in [0.5, 0.6) is 0 Å². The second-order valence-electron chi connectivity index (χ2n) is 7.58. The summed E-state index contributed by atoms with van der Waals surface area (Å²) < 4.78 is 1.99. The van der Waals surface area contributed by atoms with E-state index in [2.05, 4.69) is 25.3 Å². The van der Waals surface area contributed by atoms with E-state index in [1.807, 2.05) is 59.3 Å². The zero-order chi connectivity index (χ0) is 21.7. The molecular formula is C24H16N6O2. The van der Waals surface area contributed by atoms with Crippen molar-refractivity contribution in [1.82, 2.24) is 29.8 Å². The van der Waals surface area contributed by atoms with Gasteiger partial charge in [0.1, 0.15) is 6.33 Å². The van der Waals surface area contributed by atoms with Crippen LogP contribution in [0.15, 0.2) is 73.6 Å². The van der Waals surface area contributed by atoms with E-state index in [0.29, 0.717) is 34.3 Å². The molecule has 0 unspecified atom stereocenters. The summed E-state index contributed by atoms with van der Waals surface area (Å²) in [6, 6.07) is 15.2. The fourth-order valence-corrected chi connectivity index (χ4v) is 4.21. The molecule has 0 saturated heterocycles. The second kappa shape index (κ2) is 6.98. The van der Waals surface area contributed by atoms with Crippen LogP contribution < -0.4 is 5.32 Å². The fourth-order valence-electron chi connectivity index (χ4n) is 4.21. The molecule has 3 aromatic heterocycles. The van der Waals surface area contributed by atoms with Gasteiger partial charge in [0, 0.05) is 18.3 Å². The SMILES string of the molecule is O=C1NC(=O)C(c2cn(Cc3ccc4[nH]cnc4c3)c3cncnc23)=C1c1ccccc1. The summed E-state index contributed by atoms with van der Waals surface area (Å²) in [6.45, 7) is 0.538. The average Bonchev–Trinajstić information content (AvgIpc) is 3.50. The van der Waals surface area contributed by atoms with E-state index in [0.717, 1.165) is 22.1 Å². The summed E-state index contributed by atoms with van der Waals surface area (Å²) in [5, 5.41) is 2.44. The minimum absolute atomic E-state index is 0.325. The summed E-state index contributed by atoms with van der Waals surface area (Å²) in [5.74, 6) is -0.834. The second-order valence-corrected chi connectivity index (χ2v) is 7.58. The lowest BCUT2D eigenvalue weighted by molar-refractivity contribution is -0.122. The predicted molar refractivity (Wildman–Crippen MR) is 119 cm³/mol. The largest absolute Gasteiger partial charge is 0.345 e. The first-order valence-electron chi connectivity index (χ1n) is 10.1. The third kappa shape index (κ3) is 2.81. The van der Waals surface area contributed by atoms with Crippen LogP contribution >= 0.6 is 0 Å². The monoisotopic (exact) mass is 420 g/mol. The maximum absolute atomic E-state index is 12.8. The van der Waals surface area contributed by atoms with Gasteiger partial charge in [0.25, 0.3) is 11.8 Å². The van der Waals surface area contributed by atoms with Gasteiger partial charge in [-0.05, 0) is 23.3 Å². The van der Waals surface area contributed by atoms with Crippen molar-refractivity contribution >= 4 is 45.0 Å². The lowest BCUT2D eigenvalue weighted by Gasteiger charge is -2.05. The number of aromatic nitrogens is 5. The van der Waals surface area contributed by atoms with Gasteiger partial charge in [-0.1, -0.05) is 36.4 Å². The summed E-state index contributed by atoms with van der Waals surface area (Å²) in [7, 11) is 0. The highest BCUT2D eigenvalue weighted by molar-refractivity contribution is 6.49. The first-order chi connectivity index (χ1) is 15.7. The number of hydrogen-bond acceptors (Lipinski definition) is 5. The highest BCUT2D eigenvalue weighted by Crippen LogP contribution is 2.35.